The van der Waals surface area contributed by atoms with Crippen molar-refractivity contribution in [3.8, 4) is 0 Å². The van der Waals surface area contributed by atoms with Gasteiger partial charge in [0, 0.05) is 58.2 Å². The Morgan fingerprint density at radius 3 is 2.52 bits per heavy atom. The first kappa shape index (κ1) is 21.4. The molecular weight excluding hydrogens is 370 g/mol. The third-order valence-corrected chi connectivity index (χ3v) is 5.39. The zero-order chi connectivity index (χ0) is 20.6. The average Bonchev–Trinajstić information content (AvgIpc) is 3.26. The van der Waals surface area contributed by atoms with Crippen LogP contribution in [0.4, 0.5) is 16.2 Å². The maximum atomic E-state index is 13.0. The first-order valence-electron chi connectivity index (χ1n) is 10.5. The Balaban J connectivity index is 1.63. The van der Waals surface area contributed by atoms with Gasteiger partial charge < -0.3 is 25.2 Å². The van der Waals surface area contributed by atoms with Gasteiger partial charge in [-0.3, -0.25) is 9.69 Å². The standard InChI is InChI=1S/C21H33N5O3/c1-24(2)21(28)23-17-6-7-19(26-10-3-4-11-26)18(16-17)20(27)22-8-5-9-25-12-14-29-15-13-25/h6-7,16H,3-5,8-15H2,1-2H3,(H,22,27)(H,23,28). The Kier molecular flexibility index (Phi) is 7.71. The Morgan fingerprint density at radius 1 is 1.10 bits per heavy atom. The van der Waals surface area contributed by atoms with Crippen molar-refractivity contribution < 1.29 is 14.3 Å². The van der Waals surface area contributed by atoms with E-state index in [-0.39, 0.29) is 11.9 Å². The van der Waals surface area contributed by atoms with Crippen LogP contribution < -0.4 is 15.5 Å². The monoisotopic (exact) mass is 403 g/mol. The minimum absolute atomic E-state index is 0.0881. The Bertz CT molecular complexity index is 698. The topological polar surface area (TPSA) is 77.2 Å². The molecule has 3 rings (SSSR count). The molecule has 0 atom stereocenters. The first-order chi connectivity index (χ1) is 14.0. The number of hydrogen-bond donors (Lipinski definition) is 2. The highest BCUT2D eigenvalue weighted by Crippen LogP contribution is 2.27. The van der Waals surface area contributed by atoms with Gasteiger partial charge >= 0.3 is 6.03 Å². The van der Waals surface area contributed by atoms with Crippen LogP contribution in [0.5, 0.6) is 0 Å². The van der Waals surface area contributed by atoms with Crippen molar-refractivity contribution >= 4 is 23.3 Å². The van der Waals surface area contributed by atoms with Gasteiger partial charge in [0.1, 0.15) is 0 Å². The number of nitrogens with one attached hydrogen (secondary N) is 2. The molecule has 0 aliphatic carbocycles. The summed E-state index contributed by atoms with van der Waals surface area (Å²) in [6.07, 6.45) is 3.18. The number of benzene rings is 1. The molecule has 8 heteroatoms. The summed E-state index contributed by atoms with van der Waals surface area (Å²) in [7, 11) is 3.38. The third kappa shape index (κ3) is 6.08. The first-order valence-corrected chi connectivity index (χ1v) is 10.5. The van der Waals surface area contributed by atoms with Crippen LogP contribution in [0.15, 0.2) is 18.2 Å². The summed E-state index contributed by atoms with van der Waals surface area (Å²) in [4.78, 5) is 31.0. The largest absolute Gasteiger partial charge is 0.379 e. The van der Waals surface area contributed by atoms with Crippen LogP contribution in [0.3, 0.4) is 0 Å². The molecule has 1 aromatic carbocycles. The molecule has 0 spiro atoms. The zero-order valence-corrected chi connectivity index (χ0v) is 17.6. The summed E-state index contributed by atoms with van der Waals surface area (Å²) in [5.74, 6) is -0.0881. The predicted octanol–water partition coefficient (Wildman–Crippen LogP) is 1.83. The van der Waals surface area contributed by atoms with Crippen molar-refractivity contribution in [2.75, 3.05) is 76.8 Å². The van der Waals surface area contributed by atoms with Crippen molar-refractivity contribution in [2.24, 2.45) is 0 Å². The van der Waals surface area contributed by atoms with E-state index in [4.69, 9.17) is 4.74 Å². The number of carbonyl (C=O) groups excluding carboxylic acids is 2. The van der Waals surface area contributed by atoms with Crippen molar-refractivity contribution in [1.29, 1.82) is 0 Å². The van der Waals surface area contributed by atoms with Gasteiger partial charge in [0.15, 0.2) is 0 Å². The lowest BCUT2D eigenvalue weighted by Gasteiger charge is -2.26. The van der Waals surface area contributed by atoms with E-state index in [1.165, 1.54) is 4.90 Å². The quantitative estimate of drug-likeness (QED) is 0.680. The second-order valence-electron chi connectivity index (χ2n) is 7.81. The van der Waals surface area contributed by atoms with E-state index in [1.54, 1.807) is 20.2 Å². The molecule has 2 heterocycles. The fourth-order valence-electron chi connectivity index (χ4n) is 3.69. The lowest BCUT2D eigenvalue weighted by atomic mass is 10.1. The molecule has 0 bridgehead atoms. The molecule has 160 valence electrons. The van der Waals surface area contributed by atoms with Gasteiger partial charge in [-0.15, -0.1) is 0 Å². The number of morpholine rings is 1. The van der Waals surface area contributed by atoms with E-state index in [9.17, 15) is 9.59 Å². The number of nitrogens with zero attached hydrogens (tertiary/aromatic N) is 3. The molecule has 0 unspecified atom stereocenters. The molecule has 0 aromatic heterocycles. The van der Waals surface area contributed by atoms with Gasteiger partial charge in [-0.1, -0.05) is 0 Å². The summed E-state index contributed by atoms with van der Waals surface area (Å²) < 4.78 is 5.37. The fraction of sp³-hybridized carbons (Fsp3) is 0.619. The minimum atomic E-state index is -0.212. The number of hydrogen-bond acceptors (Lipinski definition) is 5. The molecule has 3 amide bonds. The van der Waals surface area contributed by atoms with E-state index in [1.807, 2.05) is 12.1 Å². The van der Waals surface area contributed by atoms with Gasteiger partial charge in [0.2, 0.25) is 0 Å². The molecule has 2 aliphatic heterocycles. The maximum absolute atomic E-state index is 13.0. The lowest BCUT2D eigenvalue weighted by molar-refractivity contribution is 0.0374. The van der Waals surface area contributed by atoms with Gasteiger partial charge in [0.25, 0.3) is 5.91 Å². The molecule has 0 radical (unpaired) electrons. The van der Waals surface area contributed by atoms with E-state index in [0.717, 1.165) is 70.9 Å². The highest BCUT2D eigenvalue weighted by Gasteiger charge is 2.20. The summed E-state index contributed by atoms with van der Waals surface area (Å²) in [6.45, 7) is 7.00. The predicted molar refractivity (Wildman–Crippen MR) is 115 cm³/mol. The fourth-order valence-corrected chi connectivity index (χ4v) is 3.69. The Morgan fingerprint density at radius 2 is 1.83 bits per heavy atom. The van der Waals surface area contributed by atoms with Crippen LogP contribution in [0.2, 0.25) is 0 Å². The zero-order valence-electron chi connectivity index (χ0n) is 17.6. The van der Waals surface area contributed by atoms with Crippen LogP contribution in [0, 0.1) is 0 Å². The SMILES string of the molecule is CN(C)C(=O)Nc1ccc(N2CCCC2)c(C(=O)NCCCN2CCOCC2)c1. The van der Waals surface area contributed by atoms with Crippen LogP contribution in [-0.2, 0) is 4.74 Å². The van der Waals surface area contributed by atoms with Crippen LogP contribution >= 0.6 is 0 Å². The molecule has 2 fully saturated rings. The van der Waals surface area contributed by atoms with Crippen LogP contribution in [0.25, 0.3) is 0 Å². The smallest absolute Gasteiger partial charge is 0.321 e. The van der Waals surface area contributed by atoms with Gasteiger partial charge in [-0.05, 0) is 44.0 Å². The van der Waals surface area contributed by atoms with Crippen molar-refractivity contribution in [3.05, 3.63) is 23.8 Å². The molecule has 2 aliphatic rings. The molecular formula is C21H33N5O3. The van der Waals surface area contributed by atoms with Gasteiger partial charge in [-0.25, -0.2) is 4.79 Å². The minimum Gasteiger partial charge on any atom is -0.379 e. The van der Waals surface area contributed by atoms with Gasteiger partial charge in [-0.2, -0.15) is 0 Å². The van der Waals surface area contributed by atoms with Crippen molar-refractivity contribution in [3.63, 3.8) is 0 Å². The van der Waals surface area contributed by atoms with Crippen LogP contribution in [-0.4, -0.2) is 88.3 Å². The number of carbonyl (C=O) groups is 2. The molecule has 29 heavy (non-hydrogen) atoms. The molecule has 0 saturated carbocycles. The van der Waals surface area contributed by atoms with Crippen molar-refractivity contribution in [1.82, 2.24) is 15.1 Å². The van der Waals surface area contributed by atoms with Crippen LogP contribution in [0.1, 0.15) is 29.6 Å². The summed E-state index contributed by atoms with van der Waals surface area (Å²) in [5.41, 5.74) is 2.19. The molecule has 2 N–H and O–H groups in total. The van der Waals surface area contributed by atoms with E-state index in [0.29, 0.717) is 17.8 Å². The lowest BCUT2D eigenvalue weighted by Crippen LogP contribution is -2.38. The third-order valence-electron chi connectivity index (χ3n) is 5.39. The normalized spacial score (nSPS) is 17.2. The number of rotatable bonds is 7. The van der Waals surface area contributed by atoms with E-state index >= 15 is 0 Å². The second kappa shape index (κ2) is 10.5. The van der Waals surface area contributed by atoms with Crippen molar-refractivity contribution in [2.45, 2.75) is 19.3 Å². The highest BCUT2D eigenvalue weighted by molar-refractivity contribution is 6.02. The average molecular weight is 404 g/mol. The Labute approximate surface area is 173 Å². The Hall–Kier alpha value is -2.32. The van der Waals surface area contributed by atoms with E-state index < -0.39 is 0 Å². The molecule has 1 aromatic rings. The number of ether oxygens (including phenoxy) is 1. The maximum Gasteiger partial charge on any atom is 0.321 e. The number of anilines is 2. The van der Waals surface area contributed by atoms with Gasteiger partial charge in [0.05, 0.1) is 18.8 Å². The second-order valence-corrected chi connectivity index (χ2v) is 7.81. The molecule has 8 nitrogen and oxygen atoms in total. The number of urea groups is 1. The summed E-state index contributed by atoms with van der Waals surface area (Å²) in [6, 6.07) is 5.38. The highest BCUT2D eigenvalue weighted by atomic mass is 16.5. The number of amides is 3. The molecule has 2 saturated heterocycles. The summed E-state index contributed by atoms with van der Waals surface area (Å²) >= 11 is 0. The summed E-state index contributed by atoms with van der Waals surface area (Å²) in [5, 5.41) is 5.89. The van der Waals surface area contributed by atoms with E-state index in [2.05, 4.69) is 20.4 Å².